The minimum absolute atomic E-state index is 0.0290. The van der Waals surface area contributed by atoms with Crippen LogP contribution in [0.25, 0.3) is 11.6 Å². The molecule has 124 valence electrons. The lowest BCUT2D eigenvalue weighted by Crippen LogP contribution is -2.30. The Kier molecular flexibility index (Phi) is 3.90. The quantitative estimate of drug-likeness (QED) is 0.774. The van der Waals surface area contributed by atoms with Crippen molar-refractivity contribution in [3.63, 3.8) is 0 Å². The highest BCUT2D eigenvalue weighted by Gasteiger charge is 2.24. The van der Waals surface area contributed by atoms with Gasteiger partial charge in [0.15, 0.2) is 5.76 Å². The molecule has 1 aliphatic rings. The van der Waals surface area contributed by atoms with Crippen molar-refractivity contribution in [3.05, 3.63) is 47.9 Å². The highest BCUT2D eigenvalue weighted by Crippen LogP contribution is 2.30. The fourth-order valence-electron chi connectivity index (χ4n) is 2.99. The largest absolute Gasteiger partial charge is 0.469 e. The molecule has 1 N–H and O–H groups in total. The first-order valence-corrected chi connectivity index (χ1v) is 8.01. The van der Waals surface area contributed by atoms with Crippen LogP contribution in [0.1, 0.15) is 42.5 Å². The third kappa shape index (κ3) is 2.97. The first kappa shape index (κ1) is 14.7. The first-order valence-electron chi connectivity index (χ1n) is 8.01. The Hall–Kier alpha value is -2.83. The molecule has 1 amide bonds. The molecule has 0 saturated carbocycles. The molecule has 24 heavy (non-hydrogen) atoms. The second-order valence-electron chi connectivity index (χ2n) is 5.80. The lowest BCUT2D eigenvalue weighted by Gasteiger charge is -2.22. The summed E-state index contributed by atoms with van der Waals surface area (Å²) in [7, 11) is 0. The zero-order valence-corrected chi connectivity index (χ0v) is 13.0. The van der Waals surface area contributed by atoms with Crippen molar-refractivity contribution >= 4 is 5.91 Å². The molecule has 3 aromatic rings. The summed E-state index contributed by atoms with van der Waals surface area (Å²) >= 11 is 0. The Bertz CT molecular complexity index is 819. The van der Waals surface area contributed by atoms with E-state index in [1.165, 1.54) is 0 Å². The molecule has 1 atom stereocenters. The monoisotopic (exact) mass is 327 g/mol. The molecular formula is C17H17N3O4. The Morgan fingerprint density at radius 2 is 2.25 bits per heavy atom. The number of fused-ring (bicyclic) bond motifs is 1. The Labute approximate surface area is 138 Å². The summed E-state index contributed by atoms with van der Waals surface area (Å²) in [6, 6.07) is 5.48. The van der Waals surface area contributed by atoms with Crippen molar-refractivity contribution in [2.75, 3.05) is 0 Å². The van der Waals surface area contributed by atoms with Crippen LogP contribution in [0.4, 0.5) is 0 Å². The van der Waals surface area contributed by atoms with Crippen LogP contribution < -0.4 is 5.32 Å². The van der Waals surface area contributed by atoms with Gasteiger partial charge in [0.25, 0.3) is 0 Å². The van der Waals surface area contributed by atoms with Crippen LogP contribution in [0.5, 0.6) is 0 Å². The maximum Gasteiger partial charge on any atom is 0.238 e. The molecule has 3 aromatic heterocycles. The number of rotatable bonds is 5. The van der Waals surface area contributed by atoms with E-state index in [1.54, 1.807) is 24.7 Å². The molecule has 4 rings (SSSR count). The topological polar surface area (TPSA) is 94.3 Å². The van der Waals surface area contributed by atoms with Crippen molar-refractivity contribution in [1.82, 2.24) is 15.5 Å². The predicted molar refractivity (Wildman–Crippen MR) is 82.9 cm³/mol. The van der Waals surface area contributed by atoms with Gasteiger partial charge in [0, 0.05) is 24.8 Å². The molecule has 0 aromatic carbocycles. The fourth-order valence-corrected chi connectivity index (χ4v) is 2.99. The van der Waals surface area contributed by atoms with Crippen molar-refractivity contribution in [1.29, 1.82) is 0 Å². The minimum Gasteiger partial charge on any atom is -0.469 e. The van der Waals surface area contributed by atoms with Crippen LogP contribution in [0.2, 0.25) is 0 Å². The van der Waals surface area contributed by atoms with E-state index in [0.29, 0.717) is 30.3 Å². The zero-order valence-electron chi connectivity index (χ0n) is 13.0. The number of carbonyl (C=O) groups excluding carboxylic acids is 1. The van der Waals surface area contributed by atoms with Crippen LogP contribution in [-0.2, 0) is 17.6 Å². The van der Waals surface area contributed by atoms with Crippen LogP contribution in [0, 0.1) is 0 Å². The van der Waals surface area contributed by atoms with Crippen LogP contribution in [0.3, 0.4) is 0 Å². The van der Waals surface area contributed by atoms with Crippen molar-refractivity contribution in [2.45, 2.75) is 38.1 Å². The van der Waals surface area contributed by atoms with E-state index in [0.717, 1.165) is 30.6 Å². The normalized spacial score (nSPS) is 16.8. The van der Waals surface area contributed by atoms with Crippen molar-refractivity contribution < 1.29 is 18.2 Å². The summed E-state index contributed by atoms with van der Waals surface area (Å²) in [5.74, 6) is 2.30. The highest BCUT2D eigenvalue weighted by molar-refractivity contribution is 5.76. The van der Waals surface area contributed by atoms with Gasteiger partial charge < -0.3 is 18.7 Å². The smallest absolute Gasteiger partial charge is 0.238 e. The summed E-state index contributed by atoms with van der Waals surface area (Å²) in [6.45, 7) is 0. The van der Waals surface area contributed by atoms with Gasteiger partial charge >= 0.3 is 0 Å². The molecule has 0 radical (unpaired) electrons. The average Bonchev–Trinajstić information content (AvgIpc) is 3.32. The third-order valence-corrected chi connectivity index (χ3v) is 4.16. The van der Waals surface area contributed by atoms with Gasteiger partial charge in [-0.1, -0.05) is 5.16 Å². The number of furan rings is 2. The predicted octanol–water partition coefficient (Wildman–Crippen LogP) is 3.05. The molecule has 0 fully saturated rings. The second-order valence-corrected chi connectivity index (χ2v) is 5.80. The summed E-state index contributed by atoms with van der Waals surface area (Å²) in [4.78, 5) is 16.4. The van der Waals surface area contributed by atoms with Gasteiger partial charge in [-0.05, 0) is 31.0 Å². The van der Waals surface area contributed by atoms with E-state index < -0.39 is 0 Å². The maximum atomic E-state index is 12.2. The van der Waals surface area contributed by atoms with Crippen LogP contribution in [-0.4, -0.2) is 16.0 Å². The van der Waals surface area contributed by atoms with E-state index in [1.807, 2.05) is 6.07 Å². The summed E-state index contributed by atoms with van der Waals surface area (Å²) in [5, 5.41) is 6.91. The first-order chi connectivity index (χ1) is 11.8. The Balaban J connectivity index is 1.33. The van der Waals surface area contributed by atoms with E-state index >= 15 is 0 Å². The molecule has 1 unspecified atom stereocenters. The molecule has 0 spiro atoms. The molecule has 3 heterocycles. The number of carbonyl (C=O) groups is 1. The van der Waals surface area contributed by atoms with Crippen LogP contribution in [0.15, 0.2) is 44.1 Å². The van der Waals surface area contributed by atoms with Gasteiger partial charge in [0.1, 0.15) is 5.76 Å². The number of hydrogen-bond donors (Lipinski definition) is 1. The minimum atomic E-state index is -0.0354. The number of hydrogen-bond acceptors (Lipinski definition) is 6. The summed E-state index contributed by atoms with van der Waals surface area (Å²) < 4.78 is 15.8. The average molecular weight is 327 g/mol. The molecular weight excluding hydrogens is 310 g/mol. The lowest BCUT2D eigenvalue weighted by atomic mass is 9.93. The maximum absolute atomic E-state index is 12.2. The number of aryl methyl sites for hydroxylation is 2. The fraction of sp³-hybridized carbons (Fsp3) is 0.353. The van der Waals surface area contributed by atoms with Crippen LogP contribution >= 0.6 is 0 Å². The highest BCUT2D eigenvalue weighted by atomic mass is 16.5. The molecule has 0 saturated heterocycles. The molecule has 7 heteroatoms. The van der Waals surface area contributed by atoms with E-state index in [-0.39, 0.29) is 11.9 Å². The van der Waals surface area contributed by atoms with E-state index in [2.05, 4.69) is 15.5 Å². The number of nitrogens with one attached hydrogen (secondary N) is 1. The van der Waals surface area contributed by atoms with Crippen molar-refractivity contribution in [2.24, 2.45) is 0 Å². The van der Waals surface area contributed by atoms with Gasteiger partial charge in [0.2, 0.25) is 17.6 Å². The van der Waals surface area contributed by atoms with Gasteiger partial charge in [0.05, 0.1) is 18.6 Å². The van der Waals surface area contributed by atoms with E-state index in [4.69, 9.17) is 13.4 Å². The van der Waals surface area contributed by atoms with Gasteiger partial charge in [-0.25, -0.2) is 0 Å². The molecule has 7 nitrogen and oxygen atoms in total. The number of aromatic nitrogens is 2. The summed E-state index contributed by atoms with van der Waals surface area (Å²) in [6.07, 6.45) is 6.81. The van der Waals surface area contributed by atoms with Crippen molar-refractivity contribution in [3.8, 4) is 11.6 Å². The summed E-state index contributed by atoms with van der Waals surface area (Å²) in [5.41, 5.74) is 1.09. The zero-order chi connectivity index (χ0) is 16.4. The second kappa shape index (κ2) is 6.35. The standard InChI is InChI=1S/C17H17N3O4/c21-15(18-12-3-1-4-13-11(12)8-10-23-13)6-7-16-19-17(20-24-16)14-5-2-9-22-14/h2,5,8-10,12H,1,3-4,6-7H2,(H,18,21). The number of amides is 1. The lowest BCUT2D eigenvalue weighted by molar-refractivity contribution is -0.122. The molecule has 0 bridgehead atoms. The SMILES string of the molecule is O=C(CCc1nc(-c2ccco2)no1)NC1CCCc2occc21. The Morgan fingerprint density at radius 3 is 3.12 bits per heavy atom. The van der Waals surface area contributed by atoms with Gasteiger partial charge in [-0.3, -0.25) is 4.79 Å². The molecule has 1 aliphatic carbocycles. The number of nitrogens with zero attached hydrogens (tertiary/aromatic N) is 2. The Morgan fingerprint density at radius 1 is 1.29 bits per heavy atom. The molecule has 0 aliphatic heterocycles. The van der Waals surface area contributed by atoms with Gasteiger partial charge in [-0.2, -0.15) is 4.98 Å². The van der Waals surface area contributed by atoms with Gasteiger partial charge in [-0.15, -0.1) is 0 Å². The van der Waals surface area contributed by atoms with E-state index in [9.17, 15) is 4.79 Å². The third-order valence-electron chi connectivity index (χ3n) is 4.16.